The van der Waals surface area contributed by atoms with Gasteiger partial charge in [-0.3, -0.25) is 4.98 Å². The third-order valence-corrected chi connectivity index (χ3v) is 2.38. The first-order valence-electron chi connectivity index (χ1n) is 5.20. The second-order valence-electron chi connectivity index (χ2n) is 3.61. The van der Waals surface area contributed by atoms with Crippen molar-refractivity contribution in [2.75, 3.05) is 5.32 Å². The molecule has 2 rings (SSSR count). The van der Waals surface area contributed by atoms with E-state index in [0.717, 1.165) is 11.6 Å². The number of anilines is 1. The van der Waals surface area contributed by atoms with Crippen LogP contribution in [0.1, 0.15) is 11.3 Å². The van der Waals surface area contributed by atoms with E-state index < -0.39 is 17.2 Å². The molecule has 0 fully saturated rings. The maximum absolute atomic E-state index is 12.5. The summed E-state index contributed by atoms with van der Waals surface area (Å²) in [6, 6.07) is 4.29. The maximum Gasteiger partial charge on any atom is 0.433 e. The number of nitrogens with zero attached hydrogens (tertiary/aromatic N) is 3. The average molecular weight is 289 g/mol. The van der Waals surface area contributed by atoms with E-state index in [0.29, 0.717) is 6.54 Å². The van der Waals surface area contributed by atoms with Gasteiger partial charge >= 0.3 is 6.18 Å². The third-order valence-electron chi connectivity index (χ3n) is 2.21. The Kier molecular flexibility index (Phi) is 3.84. The van der Waals surface area contributed by atoms with Crippen molar-refractivity contribution in [3.63, 3.8) is 0 Å². The topological polar surface area (TPSA) is 50.7 Å². The molecule has 0 saturated carbocycles. The van der Waals surface area contributed by atoms with E-state index in [1.54, 1.807) is 24.5 Å². The fraction of sp³-hybridized carbons (Fsp3) is 0.182. The van der Waals surface area contributed by atoms with Gasteiger partial charge in [0.05, 0.1) is 0 Å². The van der Waals surface area contributed by atoms with E-state index in [2.05, 4.69) is 20.3 Å². The van der Waals surface area contributed by atoms with Gasteiger partial charge in [-0.15, -0.1) is 0 Å². The molecule has 2 heterocycles. The van der Waals surface area contributed by atoms with Crippen molar-refractivity contribution in [1.82, 2.24) is 15.0 Å². The van der Waals surface area contributed by atoms with Crippen LogP contribution in [0.5, 0.6) is 0 Å². The summed E-state index contributed by atoms with van der Waals surface area (Å²) >= 11 is 5.47. The highest BCUT2D eigenvalue weighted by Gasteiger charge is 2.33. The highest BCUT2D eigenvalue weighted by atomic mass is 35.5. The maximum atomic E-state index is 12.5. The molecule has 1 N–H and O–H groups in total. The van der Waals surface area contributed by atoms with Gasteiger partial charge in [0.1, 0.15) is 5.82 Å². The highest BCUT2D eigenvalue weighted by molar-refractivity contribution is 6.28. The summed E-state index contributed by atoms with van der Waals surface area (Å²) in [5.74, 6) is 0.0177. The summed E-state index contributed by atoms with van der Waals surface area (Å²) in [6.07, 6.45) is -1.38. The predicted molar refractivity (Wildman–Crippen MR) is 63.6 cm³/mol. The van der Waals surface area contributed by atoms with Gasteiger partial charge in [-0.1, -0.05) is 0 Å². The molecule has 0 atom stereocenters. The summed E-state index contributed by atoms with van der Waals surface area (Å²) in [4.78, 5) is 10.7. The molecule has 0 saturated heterocycles. The SMILES string of the molecule is FC(F)(F)c1cc(NCc2ccncc2)nc(Cl)n1. The van der Waals surface area contributed by atoms with Crippen molar-refractivity contribution in [1.29, 1.82) is 0 Å². The summed E-state index contributed by atoms with van der Waals surface area (Å²) < 4.78 is 37.6. The van der Waals surface area contributed by atoms with Crippen LogP contribution in [0, 0.1) is 0 Å². The van der Waals surface area contributed by atoms with Crippen LogP contribution in [-0.2, 0) is 12.7 Å². The Balaban J connectivity index is 2.15. The molecule has 0 unspecified atom stereocenters. The number of hydrogen-bond acceptors (Lipinski definition) is 4. The van der Waals surface area contributed by atoms with E-state index in [1.165, 1.54) is 0 Å². The van der Waals surface area contributed by atoms with Gasteiger partial charge in [0, 0.05) is 25.0 Å². The lowest BCUT2D eigenvalue weighted by Crippen LogP contribution is -2.11. The van der Waals surface area contributed by atoms with E-state index in [-0.39, 0.29) is 5.82 Å². The molecule has 4 nitrogen and oxygen atoms in total. The zero-order valence-corrected chi connectivity index (χ0v) is 10.2. The average Bonchev–Trinajstić information content (AvgIpc) is 2.36. The second kappa shape index (κ2) is 5.40. The lowest BCUT2D eigenvalue weighted by atomic mass is 10.2. The van der Waals surface area contributed by atoms with Crippen molar-refractivity contribution in [3.05, 3.63) is 47.1 Å². The standard InChI is InChI=1S/C11H8ClF3N4/c12-10-18-8(11(13,14)15)5-9(19-10)17-6-7-1-3-16-4-2-7/h1-5H,6H2,(H,17,18,19). The monoisotopic (exact) mass is 288 g/mol. The minimum absolute atomic E-state index is 0.0177. The van der Waals surface area contributed by atoms with Gasteiger partial charge in [-0.25, -0.2) is 9.97 Å². The van der Waals surface area contributed by atoms with Crippen LogP contribution >= 0.6 is 11.6 Å². The fourth-order valence-corrected chi connectivity index (χ4v) is 1.53. The van der Waals surface area contributed by atoms with Crippen molar-refractivity contribution < 1.29 is 13.2 Å². The van der Waals surface area contributed by atoms with E-state index >= 15 is 0 Å². The molecule has 2 aromatic rings. The van der Waals surface area contributed by atoms with Gasteiger partial charge < -0.3 is 5.32 Å². The molecule has 0 bridgehead atoms. The molecule has 0 spiro atoms. The zero-order chi connectivity index (χ0) is 13.9. The molecule has 0 aromatic carbocycles. The van der Waals surface area contributed by atoms with E-state index in [4.69, 9.17) is 11.6 Å². The first-order chi connectivity index (χ1) is 8.95. The Bertz CT molecular complexity index is 560. The van der Waals surface area contributed by atoms with Crippen LogP contribution in [0.15, 0.2) is 30.6 Å². The molecule has 0 aliphatic rings. The predicted octanol–water partition coefficient (Wildman–Crippen LogP) is 3.16. The Morgan fingerprint density at radius 3 is 2.47 bits per heavy atom. The number of pyridine rings is 1. The first-order valence-corrected chi connectivity index (χ1v) is 5.57. The van der Waals surface area contributed by atoms with Gasteiger partial charge in [0.15, 0.2) is 5.69 Å². The number of hydrogen-bond donors (Lipinski definition) is 1. The molecular weight excluding hydrogens is 281 g/mol. The molecule has 0 aliphatic carbocycles. The normalized spacial score (nSPS) is 11.4. The van der Waals surface area contributed by atoms with Gasteiger partial charge in [-0.05, 0) is 29.3 Å². The van der Waals surface area contributed by atoms with Crippen LogP contribution in [0.3, 0.4) is 0 Å². The number of aromatic nitrogens is 3. The molecule has 0 aliphatic heterocycles. The van der Waals surface area contributed by atoms with E-state index in [1.807, 2.05) is 0 Å². The lowest BCUT2D eigenvalue weighted by molar-refractivity contribution is -0.141. The second-order valence-corrected chi connectivity index (χ2v) is 3.95. The molecule has 100 valence electrons. The Morgan fingerprint density at radius 1 is 1.16 bits per heavy atom. The summed E-state index contributed by atoms with van der Waals surface area (Å²) in [5.41, 5.74) is -0.219. The summed E-state index contributed by atoms with van der Waals surface area (Å²) in [7, 11) is 0. The summed E-state index contributed by atoms with van der Waals surface area (Å²) in [5, 5.41) is 2.30. The highest BCUT2D eigenvalue weighted by Crippen LogP contribution is 2.29. The third kappa shape index (κ3) is 3.78. The number of nitrogens with one attached hydrogen (secondary N) is 1. The fourth-order valence-electron chi connectivity index (χ4n) is 1.35. The van der Waals surface area contributed by atoms with Gasteiger partial charge in [0.25, 0.3) is 0 Å². The Hall–Kier alpha value is -1.89. The molecule has 2 aromatic heterocycles. The zero-order valence-electron chi connectivity index (χ0n) is 9.45. The first kappa shape index (κ1) is 13.5. The molecule has 19 heavy (non-hydrogen) atoms. The number of alkyl halides is 3. The number of halogens is 4. The van der Waals surface area contributed by atoms with Crippen LogP contribution in [0.2, 0.25) is 5.28 Å². The van der Waals surface area contributed by atoms with Crippen LogP contribution in [0.25, 0.3) is 0 Å². The van der Waals surface area contributed by atoms with Crippen LogP contribution in [0.4, 0.5) is 19.0 Å². The minimum Gasteiger partial charge on any atom is -0.366 e. The lowest BCUT2D eigenvalue weighted by Gasteiger charge is -2.09. The van der Waals surface area contributed by atoms with Crippen molar-refractivity contribution in [2.45, 2.75) is 12.7 Å². The quantitative estimate of drug-likeness (QED) is 0.882. The largest absolute Gasteiger partial charge is 0.433 e. The minimum atomic E-state index is -4.56. The number of rotatable bonds is 3. The van der Waals surface area contributed by atoms with Crippen molar-refractivity contribution in [2.24, 2.45) is 0 Å². The smallest absolute Gasteiger partial charge is 0.366 e. The molecule has 0 amide bonds. The van der Waals surface area contributed by atoms with E-state index in [9.17, 15) is 13.2 Å². The molecule has 8 heteroatoms. The summed E-state index contributed by atoms with van der Waals surface area (Å²) in [6.45, 7) is 0.313. The van der Waals surface area contributed by atoms with Crippen LogP contribution in [-0.4, -0.2) is 15.0 Å². The van der Waals surface area contributed by atoms with Crippen molar-refractivity contribution >= 4 is 17.4 Å². The van der Waals surface area contributed by atoms with Gasteiger partial charge in [0.2, 0.25) is 5.28 Å². The molecule has 0 radical (unpaired) electrons. The Labute approximate surface area is 111 Å². The molecular formula is C11H8ClF3N4. The Morgan fingerprint density at radius 2 is 1.84 bits per heavy atom. The van der Waals surface area contributed by atoms with Crippen LogP contribution < -0.4 is 5.32 Å². The van der Waals surface area contributed by atoms with Gasteiger partial charge in [-0.2, -0.15) is 13.2 Å². The van der Waals surface area contributed by atoms with Crippen molar-refractivity contribution in [3.8, 4) is 0 Å².